The Morgan fingerprint density at radius 1 is 1.15 bits per heavy atom. The zero-order valence-electron chi connectivity index (χ0n) is 9.39. The first-order valence-electron chi connectivity index (χ1n) is 5.32. The zero-order chi connectivity index (χ0) is 9.90. The van der Waals surface area contributed by atoms with Crippen molar-refractivity contribution in [2.24, 2.45) is 5.92 Å². The third kappa shape index (κ3) is 2.68. The molecule has 13 heavy (non-hydrogen) atoms. The molecule has 0 atom stereocenters. The molecule has 0 aromatic heterocycles. The molecular weight excluding hydrogens is 162 g/mol. The summed E-state index contributed by atoms with van der Waals surface area (Å²) in [7, 11) is 3.89. The monoisotopic (exact) mass is 185 g/mol. The van der Waals surface area contributed by atoms with Crippen molar-refractivity contribution in [3.8, 4) is 0 Å². The molecule has 0 spiro atoms. The summed E-state index contributed by atoms with van der Waals surface area (Å²) in [6, 6.07) is 0. The van der Waals surface area contributed by atoms with Gasteiger partial charge in [-0.25, -0.2) is 0 Å². The van der Waals surface area contributed by atoms with E-state index in [1.54, 1.807) is 0 Å². The Balaban J connectivity index is 2.40. The van der Waals surface area contributed by atoms with Gasteiger partial charge in [0.1, 0.15) is 0 Å². The van der Waals surface area contributed by atoms with E-state index >= 15 is 0 Å². The van der Waals surface area contributed by atoms with Gasteiger partial charge < -0.3 is 10.1 Å². The molecular formula is C11H23NO. The fourth-order valence-electron chi connectivity index (χ4n) is 2.22. The van der Waals surface area contributed by atoms with Crippen LogP contribution < -0.4 is 5.32 Å². The van der Waals surface area contributed by atoms with Crippen molar-refractivity contribution >= 4 is 0 Å². The van der Waals surface area contributed by atoms with Gasteiger partial charge in [-0.05, 0) is 52.5 Å². The maximum absolute atomic E-state index is 5.37. The van der Waals surface area contributed by atoms with Gasteiger partial charge in [0.25, 0.3) is 0 Å². The molecule has 0 bridgehead atoms. The van der Waals surface area contributed by atoms with Gasteiger partial charge in [0.15, 0.2) is 0 Å². The summed E-state index contributed by atoms with van der Waals surface area (Å²) in [5.41, 5.74) is 0.290. The third-order valence-electron chi connectivity index (χ3n) is 3.67. The molecule has 0 unspecified atom stereocenters. The summed E-state index contributed by atoms with van der Waals surface area (Å²) in [6.45, 7) is 4.59. The van der Waals surface area contributed by atoms with E-state index in [-0.39, 0.29) is 0 Å². The van der Waals surface area contributed by atoms with Gasteiger partial charge >= 0.3 is 0 Å². The predicted molar refractivity (Wildman–Crippen MR) is 55.9 cm³/mol. The van der Waals surface area contributed by atoms with Crippen LogP contribution in [0.1, 0.15) is 39.5 Å². The minimum Gasteiger partial charge on any atom is -0.381 e. The van der Waals surface area contributed by atoms with Crippen LogP contribution in [0.3, 0.4) is 0 Å². The van der Waals surface area contributed by atoms with Crippen molar-refractivity contribution in [1.82, 2.24) is 5.32 Å². The van der Waals surface area contributed by atoms with Crippen LogP contribution in [0.5, 0.6) is 0 Å². The quantitative estimate of drug-likeness (QED) is 0.727. The lowest BCUT2D eigenvalue weighted by Crippen LogP contribution is -2.45. The topological polar surface area (TPSA) is 21.3 Å². The van der Waals surface area contributed by atoms with E-state index < -0.39 is 0 Å². The van der Waals surface area contributed by atoms with Crippen molar-refractivity contribution in [2.75, 3.05) is 14.2 Å². The second-order valence-corrected chi connectivity index (χ2v) is 4.68. The van der Waals surface area contributed by atoms with E-state index in [0.717, 1.165) is 5.92 Å². The Morgan fingerprint density at radius 3 is 2.08 bits per heavy atom. The maximum Gasteiger partial charge on any atom is 0.0571 e. The number of hydrogen-bond acceptors (Lipinski definition) is 2. The first kappa shape index (κ1) is 11.0. The molecule has 0 radical (unpaired) electrons. The Hall–Kier alpha value is -0.0800. The van der Waals surface area contributed by atoms with Crippen molar-refractivity contribution in [3.05, 3.63) is 0 Å². The van der Waals surface area contributed by atoms with Crippen LogP contribution in [-0.2, 0) is 4.74 Å². The minimum atomic E-state index is 0.290. The van der Waals surface area contributed by atoms with Crippen LogP contribution in [0, 0.1) is 5.92 Å². The van der Waals surface area contributed by atoms with Crippen LogP contribution in [0.25, 0.3) is 0 Å². The molecule has 1 saturated carbocycles. The lowest BCUT2D eigenvalue weighted by atomic mass is 9.76. The summed E-state index contributed by atoms with van der Waals surface area (Å²) in [4.78, 5) is 0. The highest BCUT2D eigenvalue weighted by Gasteiger charge is 2.31. The highest BCUT2D eigenvalue weighted by molar-refractivity contribution is 4.88. The SMILES string of the molecule is CNC(C)(C)C1CCC(OC)CC1. The van der Waals surface area contributed by atoms with Gasteiger partial charge in [0, 0.05) is 12.6 Å². The van der Waals surface area contributed by atoms with E-state index in [1.807, 2.05) is 7.11 Å². The van der Waals surface area contributed by atoms with Crippen molar-refractivity contribution in [3.63, 3.8) is 0 Å². The predicted octanol–water partition coefficient (Wildman–Crippen LogP) is 2.19. The minimum absolute atomic E-state index is 0.290. The lowest BCUT2D eigenvalue weighted by molar-refractivity contribution is 0.0418. The molecule has 0 heterocycles. The van der Waals surface area contributed by atoms with Crippen molar-refractivity contribution < 1.29 is 4.74 Å². The van der Waals surface area contributed by atoms with Crippen LogP contribution in [0.2, 0.25) is 0 Å². The van der Waals surface area contributed by atoms with E-state index in [1.165, 1.54) is 25.7 Å². The molecule has 0 aliphatic heterocycles. The van der Waals surface area contributed by atoms with Crippen molar-refractivity contribution in [2.45, 2.75) is 51.2 Å². The summed E-state index contributed by atoms with van der Waals surface area (Å²) >= 11 is 0. The van der Waals surface area contributed by atoms with E-state index in [4.69, 9.17) is 4.74 Å². The summed E-state index contributed by atoms with van der Waals surface area (Å²) in [6.07, 6.45) is 5.57. The van der Waals surface area contributed by atoms with Crippen LogP contribution >= 0.6 is 0 Å². The molecule has 0 aromatic carbocycles. The maximum atomic E-state index is 5.37. The number of nitrogens with one attached hydrogen (secondary N) is 1. The smallest absolute Gasteiger partial charge is 0.0571 e. The standard InChI is InChI=1S/C11H23NO/c1-11(2,12-3)9-5-7-10(13-4)8-6-9/h9-10,12H,5-8H2,1-4H3. The molecule has 2 heteroatoms. The molecule has 1 rings (SSSR count). The summed E-state index contributed by atoms with van der Waals surface area (Å²) in [5, 5.41) is 3.40. The van der Waals surface area contributed by atoms with E-state index in [9.17, 15) is 0 Å². The Labute approximate surface area is 82.0 Å². The number of hydrogen-bond donors (Lipinski definition) is 1. The van der Waals surface area contributed by atoms with Crippen LogP contribution in [-0.4, -0.2) is 25.8 Å². The molecule has 1 aliphatic carbocycles. The lowest BCUT2D eigenvalue weighted by Gasteiger charge is -2.38. The summed E-state index contributed by atoms with van der Waals surface area (Å²) in [5.74, 6) is 0.809. The van der Waals surface area contributed by atoms with Crippen LogP contribution in [0.15, 0.2) is 0 Å². The largest absolute Gasteiger partial charge is 0.381 e. The zero-order valence-corrected chi connectivity index (χ0v) is 9.39. The molecule has 2 nitrogen and oxygen atoms in total. The van der Waals surface area contributed by atoms with E-state index in [2.05, 4.69) is 26.2 Å². The molecule has 1 aliphatic rings. The van der Waals surface area contributed by atoms with Gasteiger partial charge in [-0.3, -0.25) is 0 Å². The third-order valence-corrected chi connectivity index (χ3v) is 3.67. The molecule has 0 saturated heterocycles. The fraction of sp³-hybridized carbons (Fsp3) is 1.00. The number of methoxy groups -OCH3 is 1. The van der Waals surface area contributed by atoms with Gasteiger partial charge in [0.2, 0.25) is 0 Å². The van der Waals surface area contributed by atoms with Gasteiger partial charge in [-0.2, -0.15) is 0 Å². The summed E-state index contributed by atoms with van der Waals surface area (Å²) < 4.78 is 5.37. The van der Waals surface area contributed by atoms with Gasteiger partial charge in [-0.1, -0.05) is 0 Å². The van der Waals surface area contributed by atoms with Gasteiger partial charge in [0.05, 0.1) is 6.10 Å². The molecule has 1 fully saturated rings. The van der Waals surface area contributed by atoms with Crippen molar-refractivity contribution in [1.29, 1.82) is 0 Å². The highest BCUT2D eigenvalue weighted by atomic mass is 16.5. The first-order chi connectivity index (χ1) is 6.10. The Bertz CT molecular complexity index is 148. The Kier molecular flexibility index (Phi) is 3.74. The molecule has 0 amide bonds. The second kappa shape index (κ2) is 4.43. The Morgan fingerprint density at radius 2 is 1.69 bits per heavy atom. The second-order valence-electron chi connectivity index (χ2n) is 4.68. The molecule has 78 valence electrons. The molecule has 1 N–H and O–H groups in total. The number of ether oxygens (including phenoxy) is 1. The first-order valence-corrected chi connectivity index (χ1v) is 5.32. The molecule has 0 aromatic rings. The normalized spacial score (nSPS) is 30.5. The highest BCUT2D eigenvalue weighted by Crippen LogP contribution is 2.33. The van der Waals surface area contributed by atoms with Gasteiger partial charge in [-0.15, -0.1) is 0 Å². The average molecular weight is 185 g/mol. The fourth-order valence-corrected chi connectivity index (χ4v) is 2.22. The average Bonchev–Trinajstić information content (AvgIpc) is 2.18. The van der Waals surface area contributed by atoms with Crippen LogP contribution in [0.4, 0.5) is 0 Å². The van der Waals surface area contributed by atoms with E-state index in [0.29, 0.717) is 11.6 Å². The number of rotatable bonds is 3.